The molecule has 5 unspecified atom stereocenters. The fourth-order valence-corrected chi connectivity index (χ4v) is 9.54. The van der Waals surface area contributed by atoms with Crippen LogP contribution in [-0.2, 0) is 9.53 Å². The number of fused-ring (bicyclic) bond motifs is 5. The molecule has 1 saturated heterocycles. The molecular weight excluding hydrogens is 492 g/mol. The molecule has 0 amide bonds. The predicted molar refractivity (Wildman–Crippen MR) is 162 cm³/mol. The van der Waals surface area contributed by atoms with Crippen LogP contribution in [0.2, 0.25) is 0 Å². The molecule has 6 aliphatic rings. The zero-order valence-corrected chi connectivity index (χ0v) is 25.5. The number of carbonyl (C=O) groups excluding carboxylic acids is 1. The van der Waals surface area contributed by atoms with Crippen LogP contribution in [0.3, 0.4) is 0 Å². The minimum Gasteiger partial charge on any atom is -0.462 e. The first-order valence-electron chi connectivity index (χ1n) is 16.7. The van der Waals surface area contributed by atoms with Crippen LogP contribution in [0.25, 0.3) is 5.57 Å². The van der Waals surface area contributed by atoms with Crippen LogP contribution < -0.4 is 0 Å². The van der Waals surface area contributed by atoms with E-state index in [-0.39, 0.29) is 28.8 Å². The Bertz CT molecular complexity index is 1110. The number of aromatic nitrogens is 1. The molecule has 218 valence electrons. The lowest BCUT2D eigenvalue weighted by Gasteiger charge is -2.58. The quantitative estimate of drug-likeness (QED) is 0.277. The summed E-state index contributed by atoms with van der Waals surface area (Å²) in [6.07, 6.45) is 22.1. The third-order valence-electron chi connectivity index (χ3n) is 12.0. The highest BCUT2D eigenvalue weighted by molar-refractivity contribution is 5.73. The summed E-state index contributed by atoms with van der Waals surface area (Å²) in [5, 5.41) is 0. The third-order valence-corrected chi connectivity index (χ3v) is 12.0. The highest BCUT2D eigenvalue weighted by Gasteiger charge is 2.57. The molecule has 0 aromatic carbocycles. The molecule has 7 rings (SSSR count). The minimum absolute atomic E-state index is 0.0852. The highest BCUT2D eigenvalue weighted by Crippen LogP contribution is 2.66. The molecule has 4 heteroatoms. The third kappa shape index (κ3) is 5.12. The second kappa shape index (κ2) is 11.4. The maximum Gasteiger partial charge on any atom is 0.309 e. The van der Waals surface area contributed by atoms with Crippen molar-refractivity contribution in [1.82, 2.24) is 9.88 Å². The van der Waals surface area contributed by atoms with Gasteiger partial charge in [0.05, 0.1) is 5.92 Å². The van der Waals surface area contributed by atoms with E-state index < -0.39 is 0 Å². The van der Waals surface area contributed by atoms with E-state index in [1.165, 1.54) is 57.1 Å². The van der Waals surface area contributed by atoms with Crippen LogP contribution in [0.5, 0.6) is 0 Å². The number of pyridine rings is 1. The van der Waals surface area contributed by atoms with Gasteiger partial charge < -0.3 is 9.64 Å². The molecule has 0 radical (unpaired) electrons. The van der Waals surface area contributed by atoms with Crippen LogP contribution in [0, 0.1) is 40.4 Å². The van der Waals surface area contributed by atoms with Gasteiger partial charge in [-0.1, -0.05) is 51.5 Å². The van der Waals surface area contributed by atoms with E-state index in [1.807, 2.05) is 20.0 Å². The van der Waals surface area contributed by atoms with Gasteiger partial charge in [-0.2, -0.15) is 0 Å². The lowest BCUT2D eigenvalue weighted by molar-refractivity contribution is -0.158. The van der Waals surface area contributed by atoms with Crippen molar-refractivity contribution in [2.75, 3.05) is 19.6 Å². The molecule has 1 aromatic heterocycles. The van der Waals surface area contributed by atoms with Gasteiger partial charge >= 0.3 is 5.97 Å². The average Bonchev–Trinajstić information content (AvgIpc) is 3.73. The Morgan fingerprint density at radius 1 is 0.975 bits per heavy atom. The number of ether oxygens (including phenoxy) is 1. The molecule has 0 spiro atoms. The van der Waals surface area contributed by atoms with Crippen molar-refractivity contribution in [2.45, 2.75) is 104 Å². The van der Waals surface area contributed by atoms with E-state index in [2.05, 4.69) is 54.2 Å². The Kier molecular flexibility index (Phi) is 8.02. The van der Waals surface area contributed by atoms with Gasteiger partial charge in [-0.05, 0) is 129 Å². The van der Waals surface area contributed by atoms with E-state index in [4.69, 9.17) is 4.74 Å². The predicted octanol–water partition coefficient (Wildman–Crippen LogP) is 8.10. The number of rotatable bonds is 5. The number of hydrogen-bond acceptors (Lipinski definition) is 4. The minimum atomic E-state index is 0.0852. The molecular formula is C36H52N2O2. The molecule has 6 atom stereocenters. The summed E-state index contributed by atoms with van der Waals surface area (Å²) in [7, 11) is 0. The summed E-state index contributed by atoms with van der Waals surface area (Å²) in [4.78, 5) is 20.1. The topological polar surface area (TPSA) is 42.4 Å². The number of carbonyl (C=O) groups is 1. The Morgan fingerprint density at radius 3 is 2.48 bits per heavy atom. The highest BCUT2D eigenvalue weighted by atomic mass is 16.5. The standard InChI is InChI=1S/C34H46N2O2.C2H6/c1-33-15-11-27(38-32(37)24-13-18-36(19-14-24)22-23-5-6-23)20-26(33)7-8-28-30-10-9-29(25-4-3-17-35-21-25)34(30,2)16-12-31(28)33;1-2/h3-4,7,9,17,21,23-24,27-28,30-31H,5-6,8,10-16,18-20,22H2,1-2H3;1-2H3/t27?,28?,30?,31-,33?,34?;/m0./s1. The lowest BCUT2D eigenvalue weighted by atomic mass is 9.47. The Balaban J connectivity index is 0.00000142. The molecule has 0 bridgehead atoms. The van der Waals surface area contributed by atoms with Crippen molar-refractivity contribution in [3.05, 3.63) is 47.8 Å². The zero-order valence-electron chi connectivity index (χ0n) is 25.5. The van der Waals surface area contributed by atoms with E-state index in [1.54, 1.807) is 11.1 Å². The first-order chi connectivity index (χ1) is 19.4. The van der Waals surface area contributed by atoms with Gasteiger partial charge in [-0.25, -0.2) is 0 Å². The number of likely N-dealkylation sites (tertiary alicyclic amines) is 1. The fraction of sp³-hybridized carbons (Fsp3) is 0.722. The number of hydrogen-bond donors (Lipinski definition) is 0. The van der Waals surface area contributed by atoms with Crippen molar-refractivity contribution < 1.29 is 9.53 Å². The number of esters is 1. The van der Waals surface area contributed by atoms with Gasteiger partial charge in [0, 0.05) is 25.4 Å². The van der Waals surface area contributed by atoms with E-state index in [9.17, 15) is 4.79 Å². The first-order valence-corrected chi connectivity index (χ1v) is 16.7. The van der Waals surface area contributed by atoms with Gasteiger partial charge in [-0.15, -0.1) is 0 Å². The van der Waals surface area contributed by atoms with Crippen LogP contribution >= 0.6 is 0 Å². The lowest BCUT2D eigenvalue weighted by Crippen LogP contribution is -2.50. The molecule has 4 nitrogen and oxygen atoms in total. The molecule has 1 aromatic rings. The molecule has 0 N–H and O–H groups in total. The normalized spacial score (nSPS) is 37.6. The van der Waals surface area contributed by atoms with Gasteiger partial charge in [-0.3, -0.25) is 9.78 Å². The summed E-state index contributed by atoms with van der Waals surface area (Å²) >= 11 is 0. The van der Waals surface area contributed by atoms with Gasteiger partial charge in [0.15, 0.2) is 0 Å². The van der Waals surface area contributed by atoms with Crippen LogP contribution in [0.4, 0.5) is 0 Å². The Hall–Kier alpha value is -1.94. The molecule has 3 saturated carbocycles. The Morgan fingerprint density at radius 2 is 1.75 bits per heavy atom. The number of nitrogens with zero attached hydrogens (tertiary/aromatic N) is 2. The second-order valence-corrected chi connectivity index (χ2v) is 14.1. The van der Waals surface area contributed by atoms with Crippen molar-refractivity contribution in [3.63, 3.8) is 0 Å². The van der Waals surface area contributed by atoms with Crippen LogP contribution in [0.1, 0.15) is 104 Å². The average molecular weight is 545 g/mol. The number of piperidine rings is 1. The zero-order chi connectivity index (χ0) is 27.9. The summed E-state index contributed by atoms with van der Waals surface area (Å²) < 4.78 is 6.23. The van der Waals surface area contributed by atoms with Gasteiger partial charge in [0.2, 0.25) is 0 Å². The molecule has 4 fully saturated rings. The first kappa shape index (κ1) is 28.2. The van der Waals surface area contributed by atoms with Gasteiger partial charge in [0.25, 0.3) is 0 Å². The van der Waals surface area contributed by atoms with E-state index in [0.717, 1.165) is 62.4 Å². The van der Waals surface area contributed by atoms with Gasteiger partial charge in [0.1, 0.15) is 6.10 Å². The largest absolute Gasteiger partial charge is 0.462 e. The Labute approximate surface area is 243 Å². The van der Waals surface area contributed by atoms with Crippen LogP contribution in [0.15, 0.2) is 42.3 Å². The van der Waals surface area contributed by atoms with Crippen molar-refractivity contribution >= 4 is 11.5 Å². The molecule has 1 aliphatic heterocycles. The van der Waals surface area contributed by atoms with Crippen molar-refractivity contribution in [2.24, 2.45) is 40.4 Å². The fourth-order valence-electron chi connectivity index (χ4n) is 9.54. The summed E-state index contributed by atoms with van der Waals surface area (Å²) in [5.41, 5.74) is 5.02. The van der Waals surface area contributed by atoms with E-state index >= 15 is 0 Å². The summed E-state index contributed by atoms with van der Waals surface area (Å²) in [5.74, 6) is 3.38. The van der Waals surface area contributed by atoms with E-state index in [0.29, 0.717) is 0 Å². The maximum absolute atomic E-state index is 13.1. The molecule has 2 heterocycles. The number of allylic oxidation sites excluding steroid dienone is 3. The monoisotopic (exact) mass is 544 g/mol. The van der Waals surface area contributed by atoms with Crippen molar-refractivity contribution in [3.8, 4) is 0 Å². The molecule has 5 aliphatic carbocycles. The maximum atomic E-state index is 13.1. The smallest absolute Gasteiger partial charge is 0.309 e. The second-order valence-electron chi connectivity index (χ2n) is 14.1. The van der Waals surface area contributed by atoms with Crippen molar-refractivity contribution in [1.29, 1.82) is 0 Å². The summed E-state index contributed by atoms with van der Waals surface area (Å²) in [6.45, 7) is 12.5. The molecule has 40 heavy (non-hydrogen) atoms. The summed E-state index contributed by atoms with van der Waals surface area (Å²) in [6, 6.07) is 4.33. The SMILES string of the molecule is CC.CC12CC[C@H]3C(CC=C4CC(OC(=O)C5CCN(CC6CC6)CC5)CCC43C)C1CC=C2c1cccnc1. The van der Waals surface area contributed by atoms with Crippen LogP contribution in [-0.4, -0.2) is 41.6 Å².